The summed E-state index contributed by atoms with van der Waals surface area (Å²) in [6.45, 7) is 0. The Labute approximate surface area is 147 Å². The lowest BCUT2D eigenvalue weighted by molar-refractivity contribution is 0.102. The first-order chi connectivity index (χ1) is 12.3. The maximum atomic E-state index is 12.4. The van der Waals surface area contributed by atoms with Gasteiger partial charge in [0.2, 0.25) is 0 Å². The third-order valence-electron chi connectivity index (χ3n) is 3.57. The van der Waals surface area contributed by atoms with Crippen molar-refractivity contribution in [3.05, 3.63) is 78.3 Å². The van der Waals surface area contributed by atoms with Gasteiger partial charge in [0.25, 0.3) is 5.91 Å². The molecule has 1 amide bonds. The fraction of sp³-hybridized carbons (Fsp3) is 0. The van der Waals surface area contributed by atoms with E-state index in [0.29, 0.717) is 11.4 Å². The number of carbonyl (C=O) groups excluding carboxylic acids is 1. The highest BCUT2D eigenvalue weighted by molar-refractivity contribution is 7.13. The minimum absolute atomic E-state index is 0.230. The molecule has 2 aromatic heterocycles. The molecule has 25 heavy (non-hydrogen) atoms. The van der Waals surface area contributed by atoms with Crippen molar-refractivity contribution in [1.29, 1.82) is 0 Å². The van der Waals surface area contributed by atoms with E-state index in [4.69, 9.17) is 0 Å². The van der Waals surface area contributed by atoms with Gasteiger partial charge >= 0.3 is 0 Å². The number of anilines is 1. The molecular formula is C18H13N5OS. The van der Waals surface area contributed by atoms with Gasteiger partial charge < -0.3 is 5.32 Å². The van der Waals surface area contributed by atoms with E-state index < -0.39 is 0 Å². The van der Waals surface area contributed by atoms with Gasteiger partial charge in [-0.3, -0.25) is 4.79 Å². The second-order valence-electron chi connectivity index (χ2n) is 5.24. The zero-order valence-electron chi connectivity index (χ0n) is 13.0. The van der Waals surface area contributed by atoms with Crippen LogP contribution in [0.15, 0.2) is 72.6 Å². The predicted octanol–water partition coefficient (Wildman–Crippen LogP) is 3.64. The number of aromatic nitrogens is 4. The molecule has 0 saturated heterocycles. The molecule has 6 nitrogen and oxygen atoms in total. The third-order valence-corrected chi connectivity index (χ3v) is 4.46. The van der Waals surface area contributed by atoms with Gasteiger partial charge in [0.15, 0.2) is 0 Å². The second-order valence-corrected chi connectivity index (χ2v) is 6.10. The lowest BCUT2D eigenvalue weighted by Crippen LogP contribution is -2.12. The number of nitrogens with zero attached hydrogens (tertiary/aromatic N) is 4. The first-order valence-corrected chi connectivity index (χ1v) is 8.45. The van der Waals surface area contributed by atoms with Crippen molar-refractivity contribution in [1.82, 2.24) is 19.7 Å². The summed E-state index contributed by atoms with van der Waals surface area (Å²) in [6.07, 6.45) is 3.09. The number of rotatable bonds is 4. The molecule has 0 saturated carbocycles. The maximum Gasteiger partial charge on any atom is 0.275 e. The number of carbonyl (C=O) groups is 1. The topological polar surface area (TPSA) is 72.7 Å². The zero-order valence-corrected chi connectivity index (χ0v) is 13.9. The van der Waals surface area contributed by atoms with Crippen LogP contribution in [0.2, 0.25) is 0 Å². The summed E-state index contributed by atoms with van der Waals surface area (Å²) in [6, 6.07) is 17.2. The molecule has 0 unspecified atom stereocenters. The second kappa shape index (κ2) is 6.66. The lowest BCUT2D eigenvalue weighted by Gasteiger charge is -2.05. The molecule has 2 heterocycles. The number of hydrogen-bond donors (Lipinski definition) is 1. The highest BCUT2D eigenvalue weighted by atomic mass is 32.1. The minimum Gasteiger partial charge on any atom is -0.321 e. The summed E-state index contributed by atoms with van der Waals surface area (Å²) >= 11 is 1.45. The van der Waals surface area contributed by atoms with Crippen molar-refractivity contribution in [3.8, 4) is 16.3 Å². The molecule has 0 aliphatic rings. The molecular weight excluding hydrogens is 334 g/mol. The van der Waals surface area contributed by atoms with Crippen molar-refractivity contribution in [2.75, 3.05) is 5.32 Å². The van der Waals surface area contributed by atoms with Gasteiger partial charge in [-0.25, -0.2) is 14.6 Å². The summed E-state index contributed by atoms with van der Waals surface area (Å²) in [7, 11) is 0. The SMILES string of the molecule is O=C(Nc1ccc(-n2cncn2)cc1)c1csc(-c2ccccc2)n1. The number of nitrogens with one attached hydrogen (secondary N) is 1. The predicted molar refractivity (Wildman–Crippen MR) is 96.9 cm³/mol. The monoisotopic (exact) mass is 347 g/mol. The van der Waals surface area contributed by atoms with Gasteiger partial charge in [0.1, 0.15) is 23.4 Å². The van der Waals surface area contributed by atoms with Crippen LogP contribution in [0.25, 0.3) is 16.3 Å². The van der Waals surface area contributed by atoms with E-state index in [2.05, 4.69) is 20.4 Å². The Morgan fingerprint density at radius 2 is 1.84 bits per heavy atom. The van der Waals surface area contributed by atoms with Crippen LogP contribution in [-0.4, -0.2) is 25.7 Å². The third kappa shape index (κ3) is 3.31. The summed E-state index contributed by atoms with van der Waals surface area (Å²) in [4.78, 5) is 20.7. The Balaban J connectivity index is 1.48. The van der Waals surface area contributed by atoms with Gasteiger partial charge in [-0.1, -0.05) is 30.3 Å². The molecule has 0 spiro atoms. The summed E-state index contributed by atoms with van der Waals surface area (Å²) in [5, 5.41) is 9.51. The van der Waals surface area contributed by atoms with E-state index in [9.17, 15) is 4.79 Å². The molecule has 0 aliphatic carbocycles. The summed E-state index contributed by atoms with van der Waals surface area (Å²) in [5.41, 5.74) is 2.98. The molecule has 2 aromatic carbocycles. The van der Waals surface area contributed by atoms with Crippen LogP contribution in [0.1, 0.15) is 10.5 Å². The Hall–Kier alpha value is -3.32. The van der Waals surface area contributed by atoms with E-state index in [0.717, 1.165) is 16.3 Å². The highest BCUT2D eigenvalue weighted by Gasteiger charge is 2.12. The first-order valence-electron chi connectivity index (χ1n) is 7.57. The first kappa shape index (κ1) is 15.2. The van der Waals surface area contributed by atoms with Crippen LogP contribution >= 0.6 is 11.3 Å². The van der Waals surface area contributed by atoms with Gasteiger partial charge in [-0.15, -0.1) is 11.3 Å². The van der Waals surface area contributed by atoms with Crippen molar-refractivity contribution >= 4 is 22.9 Å². The molecule has 0 atom stereocenters. The van der Waals surface area contributed by atoms with Crippen molar-refractivity contribution in [2.45, 2.75) is 0 Å². The molecule has 0 fully saturated rings. The van der Waals surface area contributed by atoms with Crippen LogP contribution < -0.4 is 5.32 Å². The fourth-order valence-corrected chi connectivity index (χ4v) is 3.13. The number of benzene rings is 2. The number of hydrogen-bond acceptors (Lipinski definition) is 5. The molecule has 0 radical (unpaired) electrons. The largest absolute Gasteiger partial charge is 0.321 e. The van der Waals surface area contributed by atoms with E-state index in [1.54, 1.807) is 16.4 Å². The van der Waals surface area contributed by atoms with Crippen molar-refractivity contribution in [3.63, 3.8) is 0 Å². The highest BCUT2D eigenvalue weighted by Crippen LogP contribution is 2.23. The Morgan fingerprint density at radius 3 is 2.56 bits per heavy atom. The molecule has 0 aliphatic heterocycles. The van der Waals surface area contributed by atoms with Crippen molar-refractivity contribution < 1.29 is 4.79 Å². The smallest absolute Gasteiger partial charge is 0.275 e. The molecule has 4 rings (SSSR count). The normalized spacial score (nSPS) is 10.6. The van der Waals surface area contributed by atoms with Gasteiger partial charge in [-0.05, 0) is 24.3 Å². The average Bonchev–Trinajstić information content (AvgIpc) is 3.35. The van der Waals surface area contributed by atoms with Crippen molar-refractivity contribution in [2.24, 2.45) is 0 Å². The standard InChI is InChI=1S/C18H13N5OS/c24-17(16-10-25-18(22-16)13-4-2-1-3-5-13)21-14-6-8-15(9-7-14)23-12-19-11-20-23/h1-12H,(H,21,24). The minimum atomic E-state index is -0.230. The van der Waals surface area contributed by atoms with Gasteiger partial charge in [0.05, 0.1) is 5.69 Å². The molecule has 7 heteroatoms. The molecule has 122 valence electrons. The van der Waals surface area contributed by atoms with Crippen LogP contribution in [0.5, 0.6) is 0 Å². The van der Waals surface area contributed by atoms with E-state index in [1.165, 1.54) is 17.7 Å². The van der Waals surface area contributed by atoms with E-state index in [-0.39, 0.29) is 5.91 Å². The van der Waals surface area contributed by atoms with Crippen LogP contribution in [-0.2, 0) is 0 Å². The van der Waals surface area contributed by atoms with Crippen LogP contribution in [0.4, 0.5) is 5.69 Å². The summed E-state index contributed by atoms with van der Waals surface area (Å²) in [5.74, 6) is -0.230. The zero-order chi connectivity index (χ0) is 17.1. The Kier molecular flexibility index (Phi) is 4.05. The molecule has 1 N–H and O–H groups in total. The number of thiazole rings is 1. The quantitative estimate of drug-likeness (QED) is 0.612. The van der Waals surface area contributed by atoms with E-state index in [1.807, 2.05) is 54.6 Å². The molecule has 0 bridgehead atoms. The Morgan fingerprint density at radius 1 is 1.04 bits per heavy atom. The summed E-state index contributed by atoms with van der Waals surface area (Å²) < 4.78 is 1.65. The van der Waals surface area contributed by atoms with Crippen LogP contribution in [0.3, 0.4) is 0 Å². The van der Waals surface area contributed by atoms with Gasteiger partial charge in [-0.2, -0.15) is 5.10 Å². The fourth-order valence-electron chi connectivity index (χ4n) is 2.33. The average molecular weight is 347 g/mol. The van der Waals surface area contributed by atoms with Gasteiger partial charge in [0, 0.05) is 16.6 Å². The maximum absolute atomic E-state index is 12.4. The molecule has 4 aromatic rings. The number of amides is 1. The van der Waals surface area contributed by atoms with Crippen LogP contribution in [0, 0.1) is 0 Å². The lowest BCUT2D eigenvalue weighted by atomic mass is 10.2. The Bertz CT molecular complexity index is 978. The van der Waals surface area contributed by atoms with E-state index >= 15 is 0 Å².